The molecule has 28 heavy (non-hydrogen) atoms. The molecule has 5 heteroatoms. The number of aryl methyl sites for hydroxylation is 3. The number of benzene rings is 2. The Morgan fingerprint density at radius 2 is 1.57 bits per heavy atom. The zero-order chi connectivity index (χ0) is 19.7. The van der Waals surface area contributed by atoms with E-state index < -0.39 is 0 Å². The number of nitrogens with one attached hydrogen (secondary N) is 1. The van der Waals surface area contributed by atoms with E-state index >= 15 is 0 Å². The lowest BCUT2D eigenvalue weighted by molar-refractivity contribution is 0.845. The summed E-state index contributed by atoms with van der Waals surface area (Å²) in [4.78, 5) is 8.97. The van der Waals surface area contributed by atoms with E-state index in [2.05, 4.69) is 84.5 Å². The second-order valence-corrected chi connectivity index (χ2v) is 7.11. The third-order valence-electron chi connectivity index (χ3n) is 5.00. The van der Waals surface area contributed by atoms with Crippen molar-refractivity contribution < 1.29 is 0 Å². The molecule has 0 bridgehead atoms. The van der Waals surface area contributed by atoms with Crippen molar-refractivity contribution >= 4 is 11.6 Å². The van der Waals surface area contributed by atoms with Gasteiger partial charge in [0.15, 0.2) is 5.82 Å². The van der Waals surface area contributed by atoms with E-state index in [1.807, 2.05) is 18.3 Å². The van der Waals surface area contributed by atoms with Crippen LogP contribution in [0.4, 0.5) is 11.6 Å². The maximum Gasteiger partial charge on any atom is 0.229 e. The van der Waals surface area contributed by atoms with Crippen molar-refractivity contribution in [3.63, 3.8) is 0 Å². The lowest BCUT2D eigenvalue weighted by atomic mass is 10.0. The molecule has 0 saturated carbocycles. The predicted molar refractivity (Wildman–Crippen MR) is 113 cm³/mol. The molecular weight excluding hydrogens is 346 g/mol. The monoisotopic (exact) mass is 369 g/mol. The minimum absolute atomic E-state index is 0.549. The van der Waals surface area contributed by atoms with Gasteiger partial charge in [0.1, 0.15) is 0 Å². The summed E-state index contributed by atoms with van der Waals surface area (Å²) < 4.78 is 1.77. The maximum atomic E-state index is 4.67. The van der Waals surface area contributed by atoms with Gasteiger partial charge in [0, 0.05) is 29.7 Å². The fourth-order valence-corrected chi connectivity index (χ4v) is 3.10. The third kappa shape index (κ3) is 3.64. The molecule has 0 aliphatic carbocycles. The van der Waals surface area contributed by atoms with Crippen molar-refractivity contribution in [3.05, 3.63) is 83.2 Å². The first-order valence-corrected chi connectivity index (χ1v) is 9.30. The van der Waals surface area contributed by atoms with Gasteiger partial charge >= 0.3 is 0 Å². The maximum absolute atomic E-state index is 4.67. The van der Waals surface area contributed by atoms with Crippen LogP contribution in [0.15, 0.2) is 60.9 Å². The summed E-state index contributed by atoms with van der Waals surface area (Å²) in [6, 6.07) is 16.4. The topological polar surface area (TPSA) is 55.6 Å². The standard InChI is InChI=1S/C23H23N5/c1-15-5-7-19(8-6-15)21-10-12-28(27-21)22-9-11-24-23(26-22)25-20-13-16(2)18(4)17(3)14-20/h5-14H,1-4H3,(H,24,25,26). The number of rotatable bonds is 4. The lowest BCUT2D eigenvalue weighted by Crippen LogP contribution is -2.04. The third-order valence-corrected chi connectivity index (χ3v) is 5.00. The Bertz CT molecular complexity index is 1100. The van der Waals surface area contributed by atoms with Crippen LogP contribution in [0.2, 0.25) is 0 Å². The molecule has 0 spiro atoms. The molecule has 0 aliphatic heterocycles. The van der Waals surface area contributed by atoms with Crippen LogP contribution in [0.5, 0.6) is 0 Å². The number of hydrogen-bond acceptors (Lipinski definition) is 4. The normalized spacial score (nSPS) is 10.9. The fourth-order valence-electron chi connectivity index (χ4n) is 3.10. The summed E-state index contributed by atoms with van der Waals surface area (Å²) in [6.45, 7) is 8.44. The van der Waals surface area contributed by atoms with Crippen LogP contribution in [0.3, 0.4) is 0 Å². The van der Waals surface area contributed by atoms with Crippen LogP contribution in [-0.2, 0) is 0 Å². The molecule has 0 saturated heterocycles. The van der Waals surface area contributed by atoms with Crippen molar-refractivity contribution in [2.75, 3.05) is 5.32 Å². The average molecular weight is 369 g/mol. The molecule has 2 heterocycles. The Morgan fingerprint density at radius 1 is 0.857 bits per heavy atom. The summed E-state index contributed by atoms with van der Waals surface area (Å²) in [7, 11) is 0. The number of nitrogens with zero attached hydrogens (tertiary/aromatic N) is 4. The average Bonchev–Trinajstić information content (AvgIpc) is 3.17. The molecule has 5 nitrogen and oxygen atoms in total. The van der Waals surface area contributed by atoms with Crippen LogP contribution in [0.25, 0.3) is 17.1 Å². The first-order valence-electron chi connectivity index (χ1n) is 9.30. The highest BCUT2D eigenvalue weighted by atomic mass is 15.3. The van der Waals surface area contributed by atoms with Crippen molar-refractivity contribution in [2.45, 2.75) is 27.7 Å². The van der Waals surface area contributed by atoms with Gasteiger partial charge in [-0.15, -0.1) is 0 Å². The Kier molecular flexibility index (Phi) is 4.65. The summed E-state index contributed by atoms with van der Waals surface area (Å²) >= 11 is 0. The zero-order valence-corrected chi connectivity index (χ0v) is 16.6. The molecule has 4 rings (SSSR count). The van der Waals surface area contributed by atoms with Gasteiger partial charge in [0.25, 0.3) is 0 Å². The van der Waals surface area contributed by atoms with E-state index in [-0.39, 0.29) is 0 Å². The molecule has 0 aliphatic rings. The molecule has 2 aromatic carbocycles. The minimum atomic E-state index is 0.549. The van der Waals surface area contributed by atoms with Crippen LogP contribution >= 0.6 is 0 Å². The van der Waals surface area contributed by atoms with Crippen molar-refractivity contribution in [1.29, 1.82) is 0 Å². The number of aromatic nitrogens is 4. The van der Waals surface area contributed by atoms with E-state index in [0.717, 1.165) is 22.8 Å². The van der Waals surface area contributed by atoms with Crippen LogP contribution in [-0.4, -0.2) is 19.7 Å². The van der Waals surface area contributed by atoms with E-state index in [0.29, 0.717) is 5.95 Å². The molecule has 140 valence electrons. The zero-order valence-electron chi connectivity index (χ0n) is 16.6. The molecule has 0 unspecified atom stereocenters. The molecule has 0 atom stereocenters. The van der Waals surface area contributed by atoms with Gasteiger partial charge < -0.3 is 5.32 Å². The molecule has 0 radical (unpaired) electrons. The minimum Gasteiger partial charge on any atom is -0.324 e. The van der Waals surface area contributed by atoms with Crippen LogP contribution < -0.4 is 5.32 Å². The van der Waals surface area contributed by atoms with Gasteiger partial charge in [0.05, 0.1) is 5.69 Å². The van der Waals surface area contributed by atoms with Gasteiger partial charge in [-0.1, -0.05) is 29.8 Å². The van der Waals surface area contributed by atoms with Crippen LogP contribution in [0.1, 0.15) is 22.3 Å². The Morgan fingerprint density at radius 3 is 2.29 bits per heavy atom. The first-order chi connectivity index (χ1) is 13.5. The Balaban J connectivity index is 1.60. The van der Waals surface area contributed by atoms with Gasteiger partial charge in [-0.3, -0.25) is 0 Å². The Labute approximate surface area is 165 Å². The van der Waals surface area contributed by atoms with E-state index in [1.165, 1.54) is 22.3 Å². The molecule has 2 aromatic heterocycles. The van der Waals surface area contributed by atoms with E-state index in [9.17, 15) is 0 Å². The van der Waals surface area contributed by atoms with E-state index in [1.54, 1.807) is 10.9 Å². The molecule has 1 N–H and O–H groups in total. The SMILES string of the molecule is Cc1ccc(-c2ccn(-c3ccnc(Nc4cc(C)c(C)c(C)c4)n3)n2)cc1. The molecule has 0 amide bonds. The second kappa shape index (κ2) is 7.27. The largest absolute Gasteiger partial charge is 0.324 e. The number of anilines is 2. The van der Waals surface area contributed by atoms with Crippen molar-refractivity contribution in [3.8, 4) is 17.1 Å². The molecular formula is C23H23N5. The van der Waals surface area contributed by atoms with Gasteiger partial charge in [-0.2, -0.15) is 10.1 Å². The summed E-state index contributed by atoms with van der Waals surface area (Å²) in [6.07, 6.45) is 3.66. The predicted octanol–water partition coefficient (Wildman–Crippen LogP) is 5.31. The van der Waals surface area contributed by atoms with Gasteiger partial charge in [-0.05, 0) is 62.6 Å². The lowest BCUT2D eigenvalue weighted by Gasteiger charge is -2.11. The fraction of sp³-hybridized carbons (Fsp3) is 0.174. The van der Waals surface area contributed by atoms with Crippen LogP contribution in [0, 0.1) is 27.7 Å². The van der Waals surface area contributed by atoms with Crippen molar-refractivity contribution in [1.82, 2.24) is 19.7 Å². The second-order valence-electron chi connectivity index (χ2n) is 7.11. The number of hydrogen-bond donors (Lipinski definition) is 1. The molecule has 4 aromatic rings. The first kappa shape index (κ1) is 17.9. The van der Waals surface area contributed by atoms with Gasteiger partial charge in [-0.25, -0.2) is 9.67 Å². The highest BCUT2D eigenvalue weighted by Crippen LogP contribution is 2.22. The van der Waals surface area contributed by atoms with Gasteiger partial charge in [0.2, 0.25) is 5.95 Å². The summed E-state index contributed by atoms with van der Waals surface area (Å²) in [5.41, 5.74) is 8.01. The van der Waals surface area contributed by atoms with Crippen molar-refractivity contribution in [2.24, 2.45) is 0 Å². The molecule has 0 fully saturated rings. The van der Waals surface area contributed by atoms with E-state index in [4.69, 9.17) is 0 Å². The summed E-state index contributed by atoms with van der Waals surface area (Å²) in [5.74, 6) is 1.27. The summed E-state index contributed by atoms with van der Waals surface area (Å²) in [5, 5.41) is 7.97. The smallest absolute Gasteiger partial charge is 0.229 e. The Hall–Kier alpha value is -3.47. The highest BCUT2D eigenvalue weighted by Gasteiger charge is 2.07. The highest BCUT2D eigenvalue weighted by molar-refractivity contribution is 5.60. The quantitative estimate of drug-likeness (QED) is 0.530.